The van der Waals surface area contributed by atoms with Crippen LogP contribution in [-0.4, -0.2) is 33.3 Å². The molecule has 0 unspecified atom stereocenters. The average Bonchev–Trinajstić information content (AvgIpc) is 2.72. The van der Waals surface area contributed by atoms with E-state index in [-0.39, 0.29) is 16.7 Å². The lowest BCUT2D eigenvalue weighted by Gasteiger charge is -2.27. The third kappa shape index (κ3) is 5.21. The fourth-order valence-electron chi connectivity index (χ4n) is 3.26. The smallest absolute Gasteiger partial charge is 0.251 e. The molecule has 0 radical (unpaired) electrons. The molecule has 7 nitrogen and oxygen atoms in total. The highest BCUT2D eigenvalue weighted by atomic mass is 32.2. The first-order valence-electron chi connectivity index (χ1n) is 9.68. The molecule has 2 N–H and O–H groups in total. The second-order valence-corrected chi connectivity index (χ2v) is 8.65. The number of benzene rings is 2. The number of nitrogens with zero attached hydrogens (tertiary/aromatic N) is 1. The van der Waals surface area contributed by atoms with Gasteiger partial charge in [-0.25, -0.2) is 13.1 Å². The highest BCUT2D eigenvalue weighted by Crippen LogP contribution is 2.22. The van der Waals surface area contributed by atoms with Gasteiger partial charge in [0.25, 0.3) is 5.91 Å². The summed E-state index contributed by atoms with van der Waals surface area (Å²) in [6, 6.07) is 13.4. The molecule has 1 saturated heterocycles. The van der Waals surface area contributed by atoms with Crippen LogP contribution in [0.3, 0.4) is 0 Å². The molecule has 154 valence electrons. The first-order chi connectivity index (χ1) is 13.9. The van der Waals surface area contributed by atoms with Gasteiger partial charge in [-0.1, -0.05) is 19.1 Å². The van der Waals surface area contributed by atoms with E-state index in [9.17, 15) is 18.0 Å². The minimum atomic E-state index is -3.54. The molecule has 1 aliphatic rings. The second-order valence-electron chi connectivity index (χ2n) is 6.88. The van der Waals surface area contributed by atoms with Gasteiger partial charge in [0.2, 0.25) is 15.9 Å². The Morgan fingerprint density at radius 3 is 2.55 bits per heavy atom. The van der Waals surface area contributed by atoms with Crippen molar-refractivity contribution in [1.82, 2.24) is 10.0 Å². The van der Waals surface area contributed by atoms with Crippen molar-refractivity contribution in [1.29, 1.82) is 0 Å². The van der Waals surface area contributed by atoms with Crippen molar-refractivity contribution < 1.29 is 18.0 Å². The summed E-state index contributed by atoms with van der Waals surface area (Å²) in [5, 5.41) is 2.83. The summed E-state index contributed by atoms with van der Waals surface area (Å²) in [5.74, 6) is -0.165. The molecule has 3 rings (SSSR count). The largest absolute Gasteiger partial charge is 0.348 e. The minimum Gasteiger partial charge on any atom is -0.348 e. The van der Waals surface area contributed by atoms with E-state index in [2.05, 4.69) is 10.0 Å². The monoisotopic (exact) mass is 415 g/mol. The summed E-state index contributed by atoms with van der Waals surface area (Å²) in [5.41, 5.74) is 2.11. The molecule has 0 spiro atoms. The van der Waals surface area contributed by atoms with Gasteiger partial charge in [-0.15, -0.1) is 0 Å². The fourth-order valence-corrected chi connectivity index (χ4v) is 4.30. The van der Waals surface area contributed by atoms with E-state index in [1.807, 2.05) is 24.3 Å². The van der Waals surface area contributed by atoms with Crippen molar-refractivity contribution in [2.24, 2.45) is 0 Å². The number of hydrogen-bond donors (Lipinski definition) is 2. The summed E-state index contributed by atoms with van der Waals surface area (Å²) < 4.78 is 26.4. The van der Waals surface area contributed by atoms with Crippen LogP contribution < -0.4 is 14.9 Å². The van der Waals surface area contributed by atoms with Crippen molar-refractivity contribution in [3.05, 3.63) is 59.7 Å². The van der Waals surface area contributed by atoms with Gasteiger partial charge in [0.15, 0.2) is 0 Å². The SMILES string of the molecule is CCNS(=O)(=O)c1ccc(C(=O)NCc2cccc(N3CCCCC3=O)c2)cc1. The van der Waals surface area contributed by atoms with Crippen LogP contribution in [0.2, 0.25) is 0 Å². The van der Waals surface area contributed by atoms with Crippen LogP contribution in [0.1, 0.15) is 42.1 Å². The lowest BCUT2D eigenvalue weighted by molar-refractivity contribution is -0.119. The number of amides is 2. The quantitative estimate of drug-likeness (QED) is 0.726. The van der Waals surface area contributed by atoms with Crippen molar-refractivity contribution in [2.45, 2.75) is 37.6 Å². The minimum absolute atomic E-state index is 0.120. The molecule has 0 atom stereocenters. The third-order valence-corrected chi connectivity index (χ3v) is 6.32. The third-order valence-electron chi connectivity index (χ3n) is 4.76. The molecule has 0 aliphatic carbocycles. The van der Waals surface area contributed by atoms with E-state index in [1.54, 1.807) is 11.8 Å². The molecule has 1 fully saturated rings. The Morgan fingerprint density at radius 2 is 1.86 bits per heavy atom. The van der Waals surface area contributed by atoms with Crippen LogP contribution in [-0.2, 0) is 21.4 Å². The van der Waals surface area contributed by atoms with Crippen molar-refractivity contribution in [2.75, 3.05) is 18.0 Å². The summed E-state index contributed by atoms with van der Waals surface area (Å²) in [6.45, 7) is 3.03. The lowest BCUT2D eigenvalue weighted by Crippen LogP contribution is -2.35. The molecule has 0 aromatic heterocycles. The predicted molar refractivity (Wildman–Crippen MR) is 111 cm³/mol. The maximum absolute atomic E-state index is 12.4. The normalized spacial score (nSPS) is 14.7. The molecular weight excluding hydrogens is 390 g/mol. The first-order valence-corrected chi connectivity index (χ1v) is 11.2. The van der Waals surface area contributed by atoms with Gasteiger partial charge in [-0.2, -0.15) is 0 Å². The van der Waals surface area contributed by atoms with Crippen molar-refractivity contribution >= 4 is 27.5 Å². The second kappa shape index (κ2) is 9.19. The van der Waals surface area contributed by atoms with E-state index in [1.165, 1.54) is 24.3 Å². The molecule has 2 aromatic rings. The Bertz CT molecular complexity index is 987. The van der Waals surface area contributed by atoms with Crippen LogP contribution in [0.15, 0.2) is 53.4 Å². The number of anilines is 1. The Balaban J connectivity index is 1.63. The molecular formula is C21H25N3O4S. The van der Waals surface area contributed by atoms with Crippen LogP contribution in [0, 0.1) is 0 Å². The summed E-state index contributed by atoms with van der Waals surface area (Å²) in [7, 11) is -3.54. The number of piperidine rings is 1. The van der Waals surface area contributed by atoms with Gasteiger partial charge >= 0.3 is 0 Å². The first kappa shape index (κ1) is 21.0. The molecule has 0 bridgehead atoms. The van der Waals surface area contributed by atoms with Crippen molar-refractivity contribution in [3.63, 3.8) is 0 Å². The number of rotatable bonds is 7. The topological polar surface area (TPSA) is 95.6 Å². The van der Waals surface area contributed by atoms with Crippen LogP contribution >= 0.6 is 0 Å². The van der Waals surface area contributed by atoms with E-state index in [0.29, 0.717) is 25.1 Å². The fraction of sp³-hybridized carbons (Fsp3) is 0.333. The Hall–Kier alpha value is -2.71. The van der Waals surface area contributed by atoms with Crippen molar-refractivity contribution in [3.8, 4) is 0 Å². The zero-order chi connectivity index (χ0) is 20.9. The maximum Gasteiger partial charge on any atom is 0.251 e. The number of carbonyl (C=O) groups is 2. The Morgan fingerprint density at radius 1 is 1.10 bits per heavy atom. The van der Waals surface area contributed by atoms with E-state index < -0.39 is 10.0 Å². The number of nitrogens with one attached hydrogen (secondary N) is 2. The number of sulfonamides is 1. The van der Waals surface area contributed by atoms with Crippen LogP contribution in [0.25, 0.3) is 0 Å². The summed E-state index contributed by atoms with van der Waals surface area (Å²) in [6.07, 6.45) is 2.49. The average molecular weight is 416 g/mol. The predicted octanol–water partition coefficient (Wildman–Crippen LogP) is 2.43. The highest BCUT2D eigenvalue weighted by molar-refractivity contribution is 7.89. The molecule has 8 heteroatoms. The van der Waals surface area contributed by atoms with Gasteiger partial charge in [-0.3, -0.25) is 9.59 Å². The molecule has 0 saturated carbocycles. The van der Waals surface area contributed by atoms with Crippen LogP contribution in [0.4, 0.5) is 5.69 Å². The number of carbonyl (C=O) groups excluding carboxylic acids is 2. The van der Waals surface area contributed by atoms with Gasteiger partial charge in [0, 0.05) is 37.3 Å². The molecule has 2 amide bonds. The van der Waals surface area contributed by atoms with E-state index >= 15 is 0 Å². The molecule has 29 heavy (non-hydrogen) atoms. The molecule has 2 aromatic carbocycles. The summed E-state index contributed by atoms with van der Waals surface area (Å²) >= 11 is 0. The maximum atomic E-state index is 12.4. The molecule has 1 heterocycles. The number of hydrogen-bond acceptors (Lipinski definition) is 4. The van der Waals surface area contributed by atoms with E-state index in [4.69, 9.17) is 0 Å². The van der Waals surface area contributed by atoms with Crippen LogP contribution in [0.5, 0.6) is 0 Å². The lowest BCUT2D eigenvalue weighted by atomic mass is 10.1. The summed E-state index contributed by atoms with van der Waals surface area (Å²) in [4.78, 5) is 26.4. The zero-order valence-corrected chi connectivity index (χ0v) is 17.2. The van der Waals surface area contributed by atoms with Gasteiger partial charge in [0.1, 0.15) is 0 Å². The molecule has 1 aliphatic heterocycles. The zero-order valence-electron chi connectivity index (χ0n) is 16.3. The standard InChI is InChI=1S/C21H25N3O4S/c1-2-23-29(27,28)19-11-9-17(10-12-19)21(26)22-15-16-6-5-7-18(14-16)24-13-4-3-8-20(24)25/h5-7,9-12,14,23H,2-4,8,13,15H2,1H3,(H,22,26). The van der Waals surface area contributed by atoms with E-state index in [0.717, 1.165) is 30.6 Å². The van der Waals surface area contributed by atoms with Gasteiger partial charge in [-0.05, 0) is 54.8 Å². The Labute approximate surface area is 171 Å². The van der Waals surface area contributed by atoms with Gasteiger partial charge < -0.3 is 10.2 Å². The highest BCUT2D eigenvalue weighted by Gasteiger charge is 2.19. The Kier molecular flexibility index (Phi) is 6.66. The van der Waals surface area contributed by atoms with Gasteiger partial charge in [0.05, 0.1) is 4.90 Å².